The largest absolute Gasteiger partial charge is 0.324 e. The van der Waals surface area contributed by atoms with Gasteiger partial charge in [0.2, 0.25) is 0 Å². The van der Waals surface area contributed by atoms with Gasteiger partial charge in [0.1, 0.15) is 18.0 Å². The quantitative estimate of drug-likeness (QED) is 0.812. The number of hydrogen-bond donors (Lipinski definition) is 1. The van der Waals surface area contributed by atoms with Crippen LogP contribution in [0.2, 0.25) is 0 Å². The van der Waals surface area contributed by atoms with Crippen LogP contribution in [-0.4, -0.2) is 14.8 Å². The van der Waals surface area contributed by atoms with Gasteiger partial charge in [-0.3, -0.25) is 0 Å². The molecule has 0 unspecified atom stereocenters. The number of aromatic nitrogens is 3. The molecule has 5 heteroatoms. The summed E-state index contributed by atoms with van der Waals surface area (Å²) in [5.41, 5.74) is 6.32. The Morgan fingerprint density at radius 2 is 2.27 bits per heavy atom. The Kier molecular flexibility index (Phi) is 2.73. The predicted molar refractivity (Wildman–Crippen MR) is 53.4 cm³/mol. The Labute approximate surface area is 86.6 Å². The first-order valence-corrected chi connectivity index (χ1v) is 4.61. The summed E-state index contributed by atoms with van der Waals surface area (Å²) < 4.78 is 14.6. The highest BCUT2D eigenvalue weighted by molar-refractivity contribution is 5.16. The maximum atomic E-state index is 12.9. The molecule has 0 saturated heterocycles. The summed E-state index contributed by atoms with van der Waals surface area (Å²) in [4.78, 5) is 3.99. The fourth-order valence-corrected chi connectivity index (χ4v) is 1.39. The van der Waals surface area contributed by atoms with Crippen LogP contribution in [0.5, 0.6) is 0 Å². The van der Waals surface area contributed by atoms with Crippen molar-refractivity contribution in [1.82, 2.24) is 14.8 Å². The van der Waals surface area contributed by atoms with E-state index in [0.717, 1.165) is 5.56 Å². The van der Waals surface area contributed by atoms with Crippen molar-refractivity contribution in [3.8, 4) is 0 Å². The summed E-state index contributed by atoms with van der Waals surface area (Å²) in [5.74, 6) is 0.446. The minimum atomic E-state index is -0.248. The Bertz CT molecular complexity index is 452. The van der Waals surface area contributed by atoms with Gasteiger partial charge in [-0.15, -0.1) is 0 Å². The molecule has 0 bridgehead atoms. The average Bonchev–Trinajstić information content (AvgIpc) is 2.65. The molecule has 0 fully saturated rings. The van der Waals surface area contributed by atoms with Gasteiger partial charge in [-0.2, -0.15) is 5.10 Å². The molecule has 0 radical (unpaired) electrons. The van der Waals surface area contributed by atoms with E-state index in [0.29, 0.717) is 18.9 Å². The Morgan fingerprint density at radius 1 is 1.40 bits per heavy atom. The zero-order valence-electron chi connectivity index (χ0n) is 8.10. The van der Waals surface area contributed by atoms with Crippen molar-refractivity contribution in [2.75, 3.05) is 0 Å². The Hall–Kier alpha value is -1.75. The van der Waals surface area contributed by atoms with Crippen LogP contribution >= 0.6 is 0 Å². The summed E-state index contributed by atoms with van der Waals surface area (Å²) in [6, 6.07) is 6.39. The number of nitrogens with two attached hydrogens (primary N) is 1. The lowest BCUT2D eigenvalue weighted by Crippen LogP contribution is -2.10. The zero-order chi connectivity index (χ0) is 10.7. The second-order valence-electron chi connectivity index (χ2n) is 3.17. The maximum absolute atomic E-state index is 12.9. The number of nitrogens with zero attached hydrogens (tertiary/aromatic N) is 3. The molecule has 0 aliphatic heterocycles. The zero-order valence-corrected chi connectivity index (χ0v) is 8.10. The summed E-state index contributed by atoms with van der Waals surface area (Å²) >= 11 is 0. The molecule has 1 aromatic heterocycles. The highest BCUT2D eigenvalue weighted by Gasteiger charge is 2.03. The molecule has 1 heterocycles. The summed E-state index contributed by atoms with van der Waals surface area (Å²) in [5, 5.41) is 4.02. The second-order valence-corrected chi connectivity index (χ2v) is 3.17. The van der Waals surface area contributed by atoms with Gasteiger partial charge in [-0.05, 0) is 17.7 Å². The van der Waals surface area contributed by atoms with Crippen LogP contribution in [0.25, 0.3) is 0 Å². The van der Waals surface area contributed by atoms with Crippen molar-refractivity contribution in [3.63, 3.8) is 0 Å². The number of halogens is 1. The van der Waals surface area contributed by atoms with Crippen molar-refractivity contribution in [2.45, 2.75) is 13.1 Å². The lowest BCUT2D eigenvalue weighted by molar-refractivity contribution is 0.611. The molecule has 0 spiro atoms. The Balaban J connectivity index is 2.22. The minimum absolute atomic E-state index is 0.248. The van der Waals surface area contributed by atoms with E-state index < -0.39 is 0 Å². The molecule has 2 N–H and O–H groups in total. The third kappa shape index (κ3) is 2.19. The van der Waals surface area contributed by atoms with Crippen molar-refractivity contribution in [3.05, 3.63) is 47.8 Å². The molecule has 0 aliphatic rings. The highest BCUT2D eigenvalue weighted by Crippen LogP contribution is 2.06. The predicted octanol–water partition coefficient (Wildman–Crippen LogP) is 0.924. The molecular formula is C10H11FN4. The maximum Gasteiger partial charge on any atom is 0.140 e. The van der Waals surface area contributed by atoms with Gasteiger partial charge >= 0.3 is 0 Å². The molecular weight excluding hydrogens is 195 g/mol. The molecule has 0 aliphatic carbocycles. The fourth-order valence-electron chi connectivity index (χ4n) is 1.39. The lowest BCUT2D eigenvalue weighted by atomic mass is 10.2. The molecule has 2 rings (SSSR count). The number of hydrogen-bond acceptors (Lipinski definition) is 3. The van der Waals surface area contributed by atoms with Gasteiger partial charge in [0, 0.05) is 0 Å². The smallest absolute Gasteiger partial charge is 0.140 e. The van der Waals surface area contributed by atoms with Crippen LogP contribution in [0.3, 0.4) is 0 Å². The molecule has 0 atom stereocenters. The molecule has 1 aromatic carbocycles. The first-order valence-electron chi connectivity index (χ1n) is 4.61. The van der Waals surface area contributed by atoms with E-state index in [2.05, 4.69) is 10.1 Å². The average molecular weight is 206 g/mol. The van der Waals surface area contributed by atoms with Crippen LogP contribution in [0, 0.1) is 5.82 Å². The van der Waals surface area contributed by atoms with Crippen LogP contribution in [0.1, 0.15) is 11.4 Å². The van der Waals surface area contributed by atoms with E-state index in [4.69, 9.17) is 5.73 Å². The van der Waals surface area contributed by atoms with E-state index in [1.165, 1.54) is 18.5 Å². The molecule has 0 saturated carbocycles. The van der Waals surface area contributed by atoms with Crippen molar-refractivity contribution < 1.29 is 4.39 Å². The summed E-state index contributed by atoms with van der Waals surface area (Å²) in [6.07, 6.45) is 1.45. The van der Waals surface area contributed by atoms with E-state index in [1.54, 1.807) is 10.7 Å². The fraction of sp³-hybridized carbons (Fsp3) is 0.200. The molecule has 15 heavy (non-hydrogen) atoms. The third-order valence-electron chi connectivity index (χ3n) is 2.10. The van der Waals surface area contributed by atoms with Gasteiger partial charge in [-0.25, -0.2) is 14.1 Å². The second kappa shape index (κ2) is 4.18. The van der Waals surface area contributed by atoms with Crippen LogP contribution in [-0.2, 0) is 13.1 Å². The highest BCUT2D eigenvalue weighted by atomic mass is 19.1. The van der Waals surface area contributed by atoms with E-state index in [9.17, 15) is 4.39 Å². The normalized spacial score (nSPS) is 10.5. The molecule has 2 aromatic rings. The molecule has 78 valence electrons. The van der Waals surface area contributed by atoms with Crippen LogP contribution < -0.4 is 5.73 Å². The van der Waals surface area contributed by atoms with E-state index >= 15 is 0 Å². The van der Waals surface area contributed by atoms with E-state index in [1.807, 2.05) is 6.07 Å². The van der Waals surface area contributed by atoms with Crippen LogP contribution in [0.4, 0.5) is 4.39 Å². The Morgan fingerprint density at radius 3 is 3.00 bits per heavy atom. The van der Waals surface area contributed by atoms with Gasteiger partial charge in [0.25, 0.3) is 0 Å². The third-order valence-corrected chi connectivity index (χ3v) is 2.10. The van der Waals surface area contributed by atoms with Gasteiger partial charge < -0.3 is 5.73 Å². The van der Waals surface area contributed by atoms with Gasteiger partial charge in [0.15, 0.2) is 0 Å². The van der Waals surface area contributed by atoms with Crippen molar-refractivity contribution >= 4 is 0 Å². The summed E-state index contributed by atoms with van der Waals surface area (Å²) in [6.45, 7) is 0.819. The molecule has 4 nitrogen and oxygen atoms in total. The van der Waals surface area contributed by atoms with Crippen molar-refractivity contribution in [1.29, 1.82) is 0 Å². The molecule has 0 amide bonds. The minimum Gasteiger partial charge on any atom is -0.324 e. The monoisotopic (exact) mass is 206 g/mol. The topological polar surface area (TPSA) is 56.7 Å². The summed E-state index contributed by atoms with van der Waals surface area (Å²) in [7, 11) is 0. The first kappa shape index (κ1) is 9.79. The first-order chi connectivity index (χ1) is 7.29. The SMILES string of the molecule is NCc1ncnn1Cc1cccc(F)c1. The number of rotatable bonds is 3. The van der Waals surface area contributed by atoms with Gasteiger partial charge in [0.05, 0.1) is 13.1 Å². The van der Waals surface area contributed by atoms with Crippen LogP contribution in [0.15, 0.2) is 30.6 Å². The lowest BCUT2D eigenvalue weighted by Gasteiger charge is -2.04. The van der Waals surface area contributed by atoms with Gasteiger partial charge in [-0.1, -0.05) is 12.1 Å². The van der Waals surface area contributed by atoms with Crippen molar-refractivity contribution in [2.24, 2.45) is 5.73 Å². The number of benzene rings is 1. The standard InChI is InChI=1S/C10H11FN4/c11-9-3-1-2-8(4-9)6-15-10(5-12)13-7-14-15/h1-4,7H,5-6,12H2. The van der Waals surface area contributed by atoms with E-state index in [-0.39, 0.29) is 5.82 Å².